The molecule has 2 aromatic carbocycles. The second-order valence-corrected chi connectivity index (χ2v) is 7.96. The van der Waals surface area contributed by atoms with E-state index in [2.05, 4.69) is 10.5 Å². The van der Waals surface area contributed by atoms with Crippen molar-refractivity contribution in [3.8, 4) is 0 Å². The van der Waals surface area contributed by atoms with E-state index in [0.717, 1.165) is 29.0 Å². The van der Waals surface area contributed by atoms with E-state index in [1.165, 1.54) is 12.1 Å². The van der Waals surface area contributed by atoms with Gasteiger partial charge in [0.05, 0.1) is 17.8 Å². The smallest absolute Gasteiger partial charge is 0.390 e. The molecule has 1 N–H and O–H groups in total. The fraction of sp³-hybridized carbons (Fsp3) is 0.391. The van der Waals surface area contributed by atoms with Gasteiger partial charge in [0, 0.05) is 24.6 Å². The second kappa shape index (κ2) is 9.41. The van der Waals surface area contributed by atoms with Gasteiger partial charge in [-0.25, -0.2) is 4.79 Å². The van der Waals surface area contributed by atoms with Gasteiger partial charge < -0.3 is 15.1 Å². The van der Waals surface area contributed by atoms with E-state index < -0.39 is 11.7 Å². The van der Waals surface area contributed by atoms with Gasteiger partial charge in [-0.15, -0.1) is 0 Å². The molecule has 0 saturated carbocycles. The summed E-state index contributed by atoms with van der Waals surface area (Å²) in [5.74, 6) is 0. The molecule has 8 heteroatoms. The lowest BCUT2D eigenvalue weighted by Gasteiger charge is -2.26. The average Bonchev–Trinajstić information content (AvgIpc) is 3.15. The van der Waals surface area contributed by atoms with Crippen LogP contribution in [0.2, 0.25) is 0 Å². The van der Waals surface area contributed by atoms with Crippen LogP contribution in [-0.2, 0) is 17.6 Å². The monoisotopic (exact) mass is 433 g/mol. The zero-order chi connectivity index (χ0) is 22.6. The third-order valence-electron chi connectivity index (χ3n) is 4.97. The Morgan fingerprint density at radius 2 is 1.87 bits per heavy atom. The molecule has 31 heavy (non-hydrogen) atoms. The van der Waals surface area contributed by atoms with Gasteiger partial charge in [0.1, 0.15) is 0 Å². The average molecular weight is 433 g/mol. The Bertz CT molecular complexity index is 940. The van der Waals surface area contributed by atoms with Crippen LogP contribution >= 0.6 is 0 Å². The van der Waals surface area contributed by atoms with Gasteiger partial charge >= 0.3 is 12.2 Å². The van der Waals surface area contributed by atoms with Crippen LogP contribution in [0.15, 0.2) is 53.7 Å². The molecule has 2 amide bonds. The summed E-state index contributed by atoms with van der Waals surface area (Å²) in [5.41, 5.74) is 2.80. The summed E-state index contributed by atoms with van der Waals surface area (Å²) in [6.45, 7) is 6.12. The van der Waals surface area contributed by atoms with Crippen molar-refractivity contribution >= 4 is 11.7 Å². The lowest BCUT2D eigenvalue weighted by Crippen LogP contribution is -2.45. The van der Waals surface area contributed by atoms with Gasteiger partial charge in [0.2, 0.25) is 0 Å². The van der Waals surface area contributed by atoms with Crippen molar-refractivity contribution in [1.82, 2.24) is 10.2 Å². The molecular formula is C23H26F3N3O2. The van der Waals surface area contributed by atoms with Crippen molar-refractivity contribution in [3.63, 3.8) is 0 Å². The van der Waals surface area contributed by atoms with E-state index in [1.807, 2.05) is 45.0 Å². The van der Waals surface area contributed by atoms with Crippen LogP contribution in [0.4, 0.5) is 18.0 Å². The highest BCUT2D eigenvalue weighted by Crippen LogP contribution is 2.29. The Balaban J connectivity index is 1.70. The maximum absolute atomic E-state index is 12.8. The predicted molar refractivity (Wildman–Crippen MR) is 113 cm³/mol. The summed E-state index contributed by atoms with van der Waals surface area (Å²) in [4.78, 5) is 19.8. The summed E-state index contributed by atoms with van der Waals surface area (Å²) >= 11 is 0. The minimum Gasteiger partial charge on any atom is -0.390 e. The van der Waals surface area contributed by atoms with Crippen molar-refractivity contribution in [2.45, 2.75) is 52.1 Å². The molecule has 1 aliphatic heterocycles. The molecule has 0 spiro atoms. The summed E-state index contributed by atoms with van der Waals surface area (Å²) in [5, 5.41) is 7.04. The highest BCUT2D eigenvalue weighted by atomic mass is 19.4. The molecule has 0 bridgehead atoms. The summed E-state index contributed by atoms with van der Waals surface area (Å²) in [6.07, 6.45) is -4.18. The number of aryl methyl sites for hydroxylation is 1. The number of carbonyl (C=O) groups is 1. The van der Waals surface area contributed by atoms with Gasteiger partial charge in [-0.3, -0.25) is 0 Å². The van der Waals surface area contributed by atoms with E-state index in [-0.39, 0.29) is 31.3 Å². The Morgan fingerprint density at radius 3 is 2.48 bits per heavy atom. The molecule has 166 valence electrons. The van der Waals surface area contributed by atoms with Gasteiger partial charge in [-0.2, -0.15) is 13.2 Å². The minimum atomic E-state index is -4.39. The number of oxime groups is 1. The fourth-order valence-corrected chi connectivity index (χ4v) is 3.40. The van der Waals surface area contributed by atoms with E-state index in [9.17, 15) is 18.0 Å². The van der Waals surface area contributed by atoms with Gasteiger partial charge in [-0.1, -0.05) is 41.6 Å². The number of alkyl halides is 3. The van der Waals surface area contributed by atoms with E-state index in [0.29, 0.717) is 12.0 Å². The molecule has 1 aliphatic rings. The third-order valence-corrected chi connectivity index (χ3v) is 4.97. The number of hydrogen-bond acceptors (Lipinski definition) is 3. The largest absolute Gasteiger partial charge is 0.416 e. The number of benzene rings is 2. The van der Waals surface area contributed by atoms with Gasteiger partial charge in [0.25, 0.3) is 0 Å². The number of rotatable bonds is 6. The van der Waals surface area contributed by atoms with E-state index in [1.54, 1.807) is 4.90 Å². The number of carbonyl (C=O) groups excluding carboxylic acids is 1. The van der Waals surface area contributed by atoms with Crippen LogP contribution in [0.1, 0.15) is 42.5 Å². The van der Waals surface area contributed by atoms with Crippen molar-refractivity contribution in [1.29, 1.82) is 0 Å². The zero-order valence-corrected chi connectivity index (χ0v) is 17.7. The molecule has 1 heterocycles. The van der Waals surface area contributed by atoms with Gasteiger partial charge in [-0.05, 0) is 44.0 Å². The first kappa shape index (κ1) is 22.7. The van der Waals surface area contributed by atoms with Crippen molar-refractivity contribution in [2.24, 2.45) is 5.16 Å². The molecular weight excluding hydrogens is 407 g/mol. The van der Waals surface area contributed by atoms with Crippen LogP contribution in [0.5, 0.6) is 0 Å². The first-order valence-corrected chi connectivity index (χ1v) is 10.1. The summed E-state index contributed by atoms with van der Waals surface area (Å²) in [7, 11) is 0. The molecule has 0 saturated heterocycles. The minimum absolute atomic E-state index is 0.0779. The Labute approximate surface area is 179 Å². The van der Waals surface area contributed by atoms with Crippen LogP contribution in [-0.4, -0.2) is 35.3 Å². The molecule has 0 aliphatic carbocycles. The Morgan fingerprint density at radius 1 is 1.19 bits per heavy atom. The van der Waals surface area contributed by atoms with Crippen molar-refractivity contribution < 1.29 is 22.8 Å². The number of nitrogens with one attached hydrogen (secondary N) is 1. The van der Waals surface area contributed by atoms with Crippen molar-refractivity contribution in [2.75, 3.05) is 6.54 Å². The molecule has 0 aromatic heterocycles. The van der Waals surface area contributed by atoms with Crippen LogP contribution < -0.4 is 5.32 Å². The third kappa shape index (κ3) is 5.99. The maximum Gasteiger partial charge on any atom is 0.416 e. The van der Waals surface area contributed by atoms with Crippen molar-refractivity contribution in [3.05, 3.63) is 70.8 Å². The topological polar surface area (TPSA) is 53.9 Å². The van der Waals surface area contributed by atoms with Crippen LogP contribution in [0, 0.1) is 6.92 Å². The van der Waals surface area contributed by atoms with Crippen LogP contribution in [0.25, 0.3) is 0 Å². The number of nitrogens with zero attached hydrogens (tertiary/aromatic N) is 2. The first-order chi connectivity index (χ1) is 14.6. The maximum atomic E-state index is 12.8. The summed E-state index contributed by atoms with van der Waals surface area (Å²) < 4.78 is 38.5. The number of urea groups is 1. The second-order valence-electron chi connectivity index (χ2n) is 7.96. The number of hydrogen-bond donors (Lipinski definition) is 1. The van der Waals surface area contributed by atoms with E-state index in [4.69, 9.17) is 4.84 Å². The lowest BCUT2D eigenvalue weighted by atomic mass is 10.0. The fourth-order valence-electron chi connectivity index (χ4n) is 3.40. The Kier molecular flexibility index (Phi) is 6.87. The molecule has 5 nitrogen and oxygen atoms in total. The normalized spacial score (nSPS) is 16.1. The number of amides is 2. The van der Waals surface area contributed by atoms with Gasteiger partial charge in [0.15, 0.2) is 6.10 Å². The van der Waals surface area contributed by atoms with Crippen LogP contribution in [0.3, 0.4) is 0 Å². The molecule has 3 rings (SSSR count). The summed E-state index contributed by atoms with van der Waals surface area (Å²) in [6, 6.07) is 12.3. The molecule has 2 aromatic rings. The quantitative estimate of drug-likeness (QED) is 0.687. The van der Waals surface area contributed by atoms with E-state index >= 15 is 0 Å². The molecule has 0 fully saturated rings. The predicted octanol–water partition coefficient (Wildman–Crippen LogP) is 5.13. The highest BCUT2D eigenvalue weighted by molar-refractivity contribution is 6.02. The SMILES string of the molecule is Cc1ccccc1C1=NOC(CN(Cc2ccc(C(F)(F)F)cc2)C(=O)NC(C)C)C1. The highest BCUT2D eigenvalue weighted by Gasteiger charge is 2.31. The first-order valence-electron chi connectivity index (χ1n) is 10.1. The standard InChI is InChI=1S/C23H26F3N3O2/c1-15(2)27-22(30)29(13-17-8-10-18(11-9-17)23(24,25)26)14-19-12-21(28-31-19)20-7-5-4-6-16(20)3/h4-11,15,19H,12-14H2,1-3H3,(H,27,30). The zero-order valence-electron chi connectivity index (χ0n) is 17.7. The Hall–Kier alpha value is -3.03. The molecule has 1 atom stereocenters. The molecule has 1 unspecified atom stereocenters. The molecule has 0 radical (unpaired) electrons. The lowest BCUT2D eigenvalue weighted by molar-refractivity contribution is -0.137. The number of halogens is 3.